The molecule has 0 unspecified atom stereocenters. The molecule has 2 aromatic rings. The molecule has 0 spiro atoms. The van der Waals surface area contributed by atoms with E-state index >= 15 is 0 Å². The van der Waals surface area contributed by atoms with Gasteiger partial charge in [0.25, 0.3) is 11.5 Å². The molecule has 0 bridgehead atoms. The number of nitrogens with two attached hydrogens (primary N) is 1. The summed E-state index contributed by atoms with van der Waals surface area (Å²) in [6.45, 7) is 0.892. The highest BCUT2D eigenvalue weighted by Crippen LogP contribution is 2.00. The number of carbonyl (C=O) groups is 1. The van der Waals surface area contributed by atoms with Gasteiger partial charge in [-0.2, -0.15) is 5.10 Å². The van der Waals surface area contributed by atoms with Gasteiger partial charge in [0.05, 0.1) is 12.7 Å². The molecule has 0 atom stereocenters. The van der Waals surface area contributed by atoms with E-state index in [1.165, 1.54) is 23.0 Å². The van der Waals surface area contributed by atoms with Crippen molar-refractivity contribution in [3.63, 3.8) is 0 Å². The third kappa shape index (κ3) is 2.77. The number of rotatable bonds is 4. The Kier molecular flexibility index (Phi) is 3.44. The van der Waals surface area contributed by atoms with Crippen LogP contribution in [-0.4, -0.2) is 37.6 Å². The van der Waals surface area contributed by atoms with Crippen LogP contribution in [0.2, 0.25) is 0 Å². The third-order valence-electron chi connectivity index (χ3n) is 2.05. The zero-order chi connectivity index (χ0) is 13.0. The van der Waals surface area contributed by atoms with Gasteiger partial charge in [-0.1, -0.05) is 5.21 Å². The summed E-state index contributed by atoms with van der Waals surface area (Å²) in [5.41, 5.74) is 5.15. The van der Waals surface area contributed by atoms with Crippen molar-refractivity contribution in [2.45, 2.75) is 6.54 Å². The Labute approximate surface area is 101 Å². The van der Waals surface area contributed by atoms with Gasteiger partial charge in [0.15, 0.2) is 11.5 Å². The zero-order valence-corrected chi connectivity index (χ0v) is 9.33. The highest BCUT2D eigenvalue weighted by atomic mass is 16.2. The van der Waals surface area contributed by atoms with Gasteiger partial charge >= 0.3 is 0 Å². The second-order valence-electron chi connectivity index (χ2n) is 3.42. The largest absolute Gasteiger partial charge is 0.329 e. The van der Waals surface area contributed by atoms with Gasteiger partial charge in [0, 0.05) is 12.6 Å². The van der Waals surface area contributed by atoms with Gasteiger partial charge in [-0.05, 0) is 6.07 Å². The highest BCUT2D eigenvalue weighted by molar-refractivity contribution is 6.01. The summed E-state index contributed by atoms with van der Waals surface area (Å²) in [6, 6.07) is 2.65. The fourth-order valence-electron chi connectivity index (χ4n) is 1.24. The smallest absolute Gasteiger partial charge is 0.279 e. The van der Waals surface area contributed by atoms with E-state index in [0.29, 0.717) is 13.1 Å². The van der Waals surface area contributed by atoms with Gasteiger partial charge in [-0.15, -0.1) is 5.10 Å². The maximum absolute atomic E-state index is 11.7. The molecule has 0 fully saturated rings. The minimum absolute atomic E-state index is 0.149. The molecule has 1 amide bonds. The molecule has 18 heavy (non-hydrogen) atoms. The Bertz CT molecular complexity index is 582. The van der Waals surface area contributed by atoms with Crippen LogP contribution in [0.1, 0.15) is 10.5 Å². The Hall–Kier alpha value is -2.55. The van der Waals surface area contributed by atoms with Crippen LogP contribution < -0.4 is 16.6 Å². The van der Waals surface area contributed by atoms with Crippen molar-refractivity contribution in [1.29, 1.82) is 0 Å². The van der Waals surface area contributed by atoms with Crippen molar-refractivity contribution in [2.24, 2.45) is 5.73 Å². The van der Waals surface area contributed by atoms with E-state index in [1.54, 1.807) is 0 Å². The average Bonchev–Trinajstić information content (AvgIpc) is 2.81. The van der Waals surface area contributed by atoms with E-state index in [4.69, 9.17) is 5.73 Å². The van der Waals surface area contributed by atoms with Crippen molar-refractivity contribution < 1.29 is 4.79 Å². The van der Waals surface area contributed by atoms with Crippen molar-refractivity contribution in [3.05, 3.63) is 34.4 Å². The van der Waals surface area contributed by atoms with E-state index in [-0.39, 0.29) is 17.1 Å². The first kappa shape index (κ1) is 11.9. The van der Waals surface area contributed by atoms with Crippen molar-refractivity contribution in [1.82, 2.24) is 25.2 Å². The number of carbonyl (C=O) groups excluding carboxylic acids is 1. The quantitative estimate of drug-likeness (QED) is 0.608. The summed E-state index contributed by atoms with van der Waals surface area (Å²) in [5, 5.41) is 15.7. The summed E-state index contributed by atoms with van der Waals surface area (Å²) in [4.78, 5) is 22.5. The number of hydrogen-bond acceptors (Lipinski definition) is 6. The highest BCUT2D eigenvalue weighted by Gasteiger charge is 2.11. The number of aromatic amines is 1. The molecular weight excluding hydrogens is 238 g/mol. The molecule has 0 aliphatic heterocycles. The fraction of sp³-hybridized carbons (Fsp3) is 0.222. The van der Waals surface area contributed by atoms with Gasteiger partial charge in [-0.3, -0.25) is 14.3 Å². The standard InChI is InChI=1S/C9H11N7O2/c10-3-4-16-5-6(12-15-16)9(18)11-7-1-2-8(17)14-13-7/h1-2,5H,3-4,10H2,(H,14,17)(H,11,13,18). The second kappa shape index (κ2) is 5.19. The lowest BCUT2D eigenvalue weighted by Gasteiger charge is -1.99. The SMILES string of the molecule is NCCn1cc(C(=O)Nc2ccc(=O)[nH]n2)nn1. The predicted octanol–water partition coefficient (Wildman–Crippen LogP) is -1.43. The summed E-state index contributed by atoms with van der Waals surface area (Å²) < 4.78 is 1.47. The van der Waals surface area contributed by atoms with Crippen LogP contribution in [-0.2, 0) is 6.54 Å². The lowest BCUT2D eigenvalue weighted by atomic mass is 10.4. The third-order valence-corrected chi connectivity index (χ3v) is 2.05. The Morgan fingerprint density at radius 1 is 1.50 bits per heavy atom. The van der Waals surface area contributed by atoms with Gasteiger partial charge in [-0.25, -0.2) is 5.10 Å². The molecule has 0 aromatic carbocycles. The molecular formula is C9H11N7O2. The topological polar surface area (TPSA) is 132 Å². The summed E-state index contributed by atoms with van der Waals surface area (Å²) in [7, 11) is 0. The minimum atomic E-state index is -0.460. The molecule has 4 N–H and O–H groups in total. The Morgan fingerprint density at radius 3 is 3.00 bits per heavy atom. The summed E-state index contributed by atoms with van der Waals surface area (Å²) in [5.74, 6) is -0.231. The average molecular weight is 249 g/mol. The van der Waals surface area contributed by atoms with Crippen molar-refractivity contribution in [2.75, 3.05) is 11.9 Å². The first-order valence-electron chi connectivity index (χ1n) is 5.16. The normalized spacial score (nSPS) is 10.3. The van der Waals surface area contributed by atoms with Gasteiger partial charge in [0.2, 0.25) is 0 Å². The Morgan fingerprint density at radius 2 is 2.33 bits per heavy atom. The van der Waals surface area contributed by atoms with Crippen molar-refractivity contribution in [3.8, 4) is 0 Å². The molecule has 0 saturated carbocycles. The first-order valence-corrected chi connectivity index (χ1v) is 5.16. The van der Waals surface area contributed by atoms with Crippen LogP contribution in [0.5, 0.6) is 0 Å². The van der Waals surface area contributed by atoms with Crippen LogP contribution in [0, 0.1) is 0 Å². The van der Waals surface area contributed by atoms with Crippen LogP contribution in [0.4, 0.5) is 5.82 Å². The maximum Gasteiger partial charge on any atom is 0.279 e. The lowest BCUT2D eigenvalue weighted by molar-refractivity contribution is 0.102. The first-order chi connectivity index (χ1) is 8.69. The molecule has 2 aromatic heterocycles. The zero-order valence-electron chi connectivity index (χ0n) is 9.33. The molecule has 9 nitrogen and oxygen atoms in total. The van der Waals surface area contributed by atoms with Crippen LogP contribution in [0.3, 0.4) is 0 Å². The maximum atomic E-state index is 11.7. The van der Waals surface area contributed by atoms with Gasteiger partial charge < -0.3 is 11.1 Å². The van der Waals surface area contributed by atoms with Crippen LogP contribution in [0.25, 0.3) is 0 Å². The van der Waals surface area contributed by atoms with Gasteiger partial charge in [0.1, 0.15) is 0 Å². The van der Waals surface area contributed by atoms with E-state index < -0.39 is 5.91 Å². The van der Waals surface area contributed by atoms with Crippen LogP contribution in [0.15, 0.2) is 23.1 Å². The summed E-state index contributed by atoms with van der Waals surface area (Å²) in [6.07, 6.45) is 1.48. The molecule has 94 valence electrons. The minimum Gasteiger partial charge on any atom is -0.329 e. The van der Waals surface area contributed by atoms with E-state index in [1.807, 2.05) is 0 Å². The number of H-pyrrole nitrogens is 1. The van der Waals surface area contributed by atoms with Crippen molar-refractivity contribution >= 4 is 11.7 Å². The number of amides is 1. The second-order valence-corrected chi connectivity index (χ2v) is 3.42. The molecule has 0 aliphatic rings. The molecule has 9 heteroatoms. The van der Waals surface area contributed by atoms with E-state index in [9.17, 15) is 9.59 Å². The summed E-state index contributed by atoms with van der Waals surface area (Å²) >= 11 is 0. The lowest BCUT2D eigenvalue weighted by Crippen LogP contribution is -2.16. The van der Waals surface area contributed by atoms with E-state index in [0.717, 1.165) is 0 Å². The monoisotopic (exact) mass is 249 g/mol. The number of nitrogens with one attached hydrogen (secondary N) is 2. The molecule has 2 heterocycles. The number of aromatic nitrogens is 5. The number of anilines is 1. The number of hydrogen-bond donors (Lipinski definition) is 3. The predicted molar refractivity (Wildman–Crippen MR) is 61.9 cm³/mol. The molecule has 0 radical (unpaired) electrons. The van der Waals surface area contributed by atoms with E-state index in [2.05, 4.69) is 25.8 Å². The fourth-order valence-corrected chi connectivity index (χ4v) is 1.24. The van der Waals surface area contributed by atoms with Crippen LogP contribution >= 0.6 is 0 Å². The molecule has 0 aliphatic carbocycles. The molecule has 2 rings (SSSR count). The molecule has 0 saturated heterocycles. The number of nitrogens with zero attached hydrogens (tertiary/aromatic N) is 4. The Balaban J connectivity index is 2.06.